The average Bonchev–Trinajstić information content (AvgIpc) is 2.47. The van der Waals surface area contributed by atoms with Gasteiger partial charge in [0.25, 0.3) is 5.69 Å². The minimum absolute atomic E-state index is 0. The molecule has 1 saturated heterocycles. The molecule has 2 rings (SSSR count). The number of hydrogen-bond acceptors (Lipinski definition) is 5. The quantitative estimate of drug-likeness (QED) is 0.642. The second kappa shape index (κ2) is 7.87. The van der Waals surface area contributed by atoms with Crippen LogP contribution in [0.15, 0.2) is 24.3 Å². The highest BCUT2D eigenvalue weighted by Crippen LogP contribution is 2.19. The molecule has 9 heteroatoms. The number of piperidine rings is 1. The molecular weight excluding hydrogens is 330 g/mol. The van der Waals surface area contributed by atoms with E-state index in [4.69, 9.17) is 0 Å². The first-order chi connectivity index (χ1) is 9.90. The average molecular weight is 350 g/mol. The molecule has 0 saturated carbocycles. The SMILES string of the molecule is CN(C1CCNCC1)S(=O)(=O)Cc1ccc([N+](=O)[O-])cc1.Cl. The molecule has 22 heavy (non-hydrogen) atoms. The lowest BCUT2D eigenvalue weighted by Gasteiger charge is -2.30. The Labute approximate surface area is 136 Å². The van der Waals surface area contributed by atoms with E-state index in [9.17, 15) is 18.5 Å². The summed E-state index contributed by atoms with van der Waals surface area (Å²) in [7, 11) is -1.80. The highest BCUT2D eigenvalue weighted by Gasteiger charge is 2.27. The first-order valence-electron chi connectivity index (χ1n) is 6.80. The maximum atomic E-state index is 12.4. The summed E-state index contributed by atoms with van der Waals surface area (Å²) in [6.07, 6.45) is 1.60. The molecule has 1 aliphatic heterocycles. The predicted molar refractivity (Wildman–Crippen MR) is 86.6 cm³/mol. The number of sulfonamides is 1. The van der Waals surface area contributed by atoms with E-state index in [-0.39, 0.29) is 29.9 Å². The van der Waals surface area contributed by atoms with Crippen molar-refractivity contribution in [3.05, 3.63) is 39.9 Å². The van der Waals surface area contributed by atoms with Gasteiger partial charge in [0.1, 0.15) is 0 Å². The van der Waals surface area contributed by atoms with E-state index < -0.39 is 14.9 Å². The summed E-state index contributed by atoms with van der Waals surface area (Å²) in [5.74, 6) is -0.134. The number of hydrogen-bond donors (Lipinski definition) is 1. The number of halogens is 1. The second-order valence-electron chi connectivity index (χ2n) is 5.18. The number of nitrogens with one attached hydrogen (secondary N) is 1. The van der Waals surface area contributed by atoms with E-state index in [1.165, 1.54) is 28.6 Å². The summed E-state index contributed by atoms with van der Waals surface area (Å²) in [4.78, 5) is 10.1. The highest BCUT2D eigenvalue weighted by molar-refractivity contribution is 7.88. The number of nitro benzene ring substituents is 1. The van der Waals surface area contributed by atoms with Crippen LogP contribution in [0.3, 0.4) is 0 Å². The van der Waals surface area contributed by atoms with Gasteiger partial charge in [0.2, 0.25) is 10.0 Å². The van der Waals surface area contributed by atoms with Gasteiger partial charge in [0.15, 0.2) is 0 Å². The molecule has 124 valence electrons. The topological polar surface area (TPSA) is 92.6 Å². The fraction of sp³-hybridized carbons (Fsp3) is 0.538. The van der Waals surface area contributed by atoms with Gasteiger partial charge < -0.3 is 5.32 Å². The van der Waals surface area contributed by atoms with Crippen molar-refractivity contribution < 1.29 is 13.3 Å². The lowest BCUT2D eigenvalue weighted by atomic mass is 10.1. The third-order valence-electron chi connectivity index (χ3n) is 3.76. The second-order valence-corrected chi connectivity index (χ2v) is 7.21. The summed E-state index contributed by atoms with van der Waals surface area (Å²) in [6, 6.07) is 5.66. The molecule has 0 unspecified atom stereocenters. The fourth-order valence-corrected chi connectivity index (χ4v) is 3.91. The molecule has 1 aliphatic rings. The third kappa shape index (κ3) is 4.64. The fourth-order valence-electron chi connectivity index (χ4n) is 2.42. The van der Waals surface area contributed by atoms with E-state index >= 15 is 0 Å². The van der Waals surface area contributed by atoms with Crippen molar-refractivity contribution in [2.45, 2.75) is 24.6 Å². The normalized spacial score (nSPS) is 16.3. The van der Waals surface area contributed by atoms with Gasteiger partial charge in [-0.15, -0.1) is 12.4 Å². The third-order valence-corrected chi connectivity index (χ3v) is 5.63. The number of non-ortho nitro benzene ring substituents is 1. The summed E-state index contributed by atoms with van der Waals surface area (Å²) in [5.41, 5.74) is 0.518. The Morgan fingerprint density at radius 3 is 2.32 bits per heavy atom. The van der Waals surface area contributed by atoms with Crippen molar-refractivity contribution in [3.63, 3.8) is 0 Å². The summed E-state index contributed by atoms with van der Waals surface area (Å²) >= 11 is 0. The van der Waals surface area contributed by atoms with Crippen LogP contribution in [0, 0.1) is 10.1 Å². The van der Waals surface area contributed by atoms with Gasteiger partial charge >= 0.3 is 0 Å². The largest absolute Gasteiger partial charge is 0.317 e. The lowest BCUT2D eigenvalue weighted by molar-refractivity contribution is -0.384. The molecule has 1 fully saturated rings. The maximum Gasteiger partial charge on any atom is 0.269 e. The molecule has 0 spiro atoms. The van der Waals surface area contributed by atoms with Gasteiger partial charge in [0, 0.05) is 25.2 Å². The van der Waals surface area contributed by atoms with Crippen LogP contribution in [0.25, 0.3) is 0 Å². The first kappa shape index (κ1) is 18.8. The van der Waals surface area contributed by atoms with E-state index in [0.717, 1.165) is 25.9 Å². The van der Waals surface area contributed by atoms with Crippen LogP contribution in [-0.4, -0.2) is 43.8 Å². The van der Waals surface area contributed by atoms with E-state index in [1.807, 2.05) is 0 Å². The minimum atomic E-state index is -3.41. The van der Waals surface area contributed by atoms with Gasteiger partial charge in [-0.05, 0) is 31.5 Å². The van der Waals surface area contributed by atoms with E-state index in [1.54, 1.807) is 7.05 Å². The van der Waals surface area contributed by atoms with Gasteiger partial charge in [-0.25, -0.2) is 12.7 Å². The Morgan fingerprint density at radius 2 is 1.82 bits per heavy atom. The van der Waals surface area contributed by atoms with Crippen molar-refractivity contribution >= 4 is 28.1 Å². The Balaban J connectivity index is 0.00000242. The highest BCUT2D eigenvalue weighted by atomic mass is 35.5. The van der Waals surface area contributed by atoms with Crippen molar-refractivity contribution in [1.29, 1.82) is 0 Å². The van der Waals surface area contributed by atoms with Crippen LogP contribution in [0.5, 0.6) is 0 Å². The Bertz CT molecular complexity index is 600. The first-order valence-corrected chi connectivity index (χ1v) is 8.41. The van der Waals surface area contributed by atoms with Gasteiger partial charge in [-0.3, -0.25) is 10.1 Å². The molecule has 0 atom stereocenters. The number of rotatable bonds is 5. The monoisotopic (exact) mass is 349 g/mol. The molecule has 1 N–H and O–H groups in total. The van der Waals surface area contributed by atoms with Crippen molar-refractivity contribution in [1.82, 2.24) is 9.62 Å². The van der Waals surface area contributed by atoms with Gasteiger partial charge in [0.05, 0.1) is 10.7 Å². The summed E-state index contributed by atoms with van der Waals surface area (Å²) in [6.45, 7) is 1.64. The Kier molecular flexibility index (Phi) is 6.73. The molecule has 0 radical (unpaired) electrons. The van der Waals surface area contributed by atoms with Gasteiger partial charge in [-0.1, -0.05) is 12.1 Å². The van der Waals surface area contributed by atoms with Crippen molar-refractivity contribution in [3.8, 4) is 0 Å². The van der Waals surface area contributed by atoms with Crippen LogP contribution in [0.4, 0.5) is 5.69 Å². The number of benzene rings is 1. The summed E-state index contributed by atoms with van der Waals surface area (Å²) in [5, 5.41) is 13.8. The molecule has 0 aromatic heterocycles. The molecule has 1 aromatic rings. The maximum absolute atomic E-state index is 12.4. The van der Waals surface area contributed by atoms with Crippen LogP contribution >= 0.6 is 12.4 Å². The molecule has 7 nitrogen and oxygen atoms in total. The van der Waals surface area contributed by atoms with Crippen LogP contribution in [0.2, 0.25) is 0 Å². The zero-order chi connectivity index (χ0) is 15.5. The van der Waals surface area contributed by atoms with E-state index in [0.29, 0.717) is 5.56 Å². The van der Waals surface area contributed by atoms with Crippen LogP contribution in [-0.2, 0) is 15.8 Å². The zero-order valence-corrected chi connectivity index (χ0v) is 13.9. The van der Waals surface area contributed by atoms with Crippen molar-refractivity contribution in [2.24, 2.45) is 0 Å². The van der Waals surface area contributed by atoms with Gasteiger partial charge in [-0.2, -0.15) is 0 Å². The standard InChI is InChI=1S/C13H19N3O4S.ClH/c1-15(12-6-8-14-9-7-12)21(19,20)10-11-2-4-13(5-3-11)16(17)18;/h2-5,12,14H,6-10H2,1H3;1H. The zero-order valence-electron chi connectivity index (χ0n) is 12.3. The minimum Gasteiger partial charge on any atom is -0.317 e. The van der Waals surface area contributed by atoms with Crippen LogP contribution < -0.4 is 5.32 Å². The smallest absolute Gasteiger partial charge is 0.269 e. The Morgan fingerprint density at radius 1 is 1.27 bits per heavy atom. The number of nitro groups is 1. The molecule has 0 amide bonds. The molecule has 1 aromatic carbocycles. The predicted octanol–water partition coefficient (Wildman–Crippen LogP) is 1.53. The summed E-state index contributed by atoms with van der Waals surface area (Å²) < 4.78 is 26.2. The van der Waals surface area contributed by atoms with E-state index in [2.05, 4.69) is 5.32 Å². The molecule has 1 heterocycles. The Hall–Kier alpha value is -1.22. The molecule has 0 bridgehead atoms. The number of nitrogens with zero attached hydrogens (tertiary/aromatic N) is 2. The van der Waals surface area contributed by atoms with Crippen LogP contribution in [0.1, 0.15) is 18.4 Å². The lowest BCUT2D eigenvalue weighted by Crippen LogP contribution is -2.44. The molecule has 0 aliphatic carbocycles. The molecular formula is C13H20ClN3O4S. The van der Waals surface area contributed by atoms with Crippen molar-refractivity contribution in [2.75, 3.05) is 20.1 Å².